The highest BCUT2D eigenvalue weighted by molar-refractivity contribution is 7.78. The van der Waals surface area contributed by atoms with E-state index in [0.29, 0.717) is 11.1 Å². The van der Waals surface area contributed by atoms with Crippen LogP contribution in [0.1, 0.15) is 20.8 Å². The van der Waals surface area contributed by atoms with Gasteiger partial charge in [-0.1, -0.05) is 6.07 Å². The fourth-order valence-corrected chi connectivity index (χ4v) is 7.49. The van der Waals surface area contributed by atoms with Gasteiger partial charge in [0.05, 0.1) is 26.9 Å². The van der Waals surface area contributed by atoms with Crippen molar-refractivity contribution in [3.05, 3.63) is 24.3 Å². The number of hydrogen-bond acceptors (Lipinski definition) is 6. The van der Waals surface area contributed by atoms with Crippen LogP contribution < -0.4 is 10.0 Å². The molecule has 1 aromatic rings. The van der Waals surface area contributed by atoms with Gasteiger partial charge in [0.25, 0.3) is 0 Å². The molecule has 0 N–H and O–H groups in total. The number of rotatable bonds is 10. The van der Waals surface area contributed by atoms with Crippen LogP contribution >= 0.6 is 15.0 Å². The summed E-state index contributed by atoms with van der Waals surface area (Å²) in [4.78, 5) is 0. The Hall–Kier alpha value is -0.640. The zero-order valence-corrected chi connectivity index (χ0v) is 15.3. The maximum Gasteiger partial charge on any atom is 0.340 e. The van der Waals surface area contributed by atoms with E-state index in [2.05, 4.69) is 0 Å². The largest absolute Gasteiger partial charge is 0.497 e. The monoisotopic (exact) mass is 350 g/mol. The van der Waals surface area contributed by atoms with E-state index in [0.717, 1.165) is 0 Å². The maximum absolute atomic E-state index is 13.2. The first kappa shape index (κ1) is 19.4. The Morgan fingerprint density at radius 3 is 2.05 bits per heavy atom. The Kier molecular flexibility index (Phi) is 7.81. The van der Waals surface area contributed by atoms with E-state index in [1.165, 1.54) is 7.11 Å². The summed E-state index contributed by atoms with van der Waals surface area (Å²) in [6, 6.07) is 6.75. The number of hydrogen-bond donors (Lipinski definition) is 0. The molecule has 0 saturated heterocycles. The second-order valence-electron chi connectivity index (χ2n) is 4.38. The van der Waals surface area contributed by atoms with Gasteiger partial charge in [0.2, 0.25) is 7.37 Å². The van der Waals surface area contributed by atoms with E-state index < -0.39 is 15.0 Å². The smallest absolute Gasteiger partial charge is 0.340 e. The van der Waals surface area contributed by atoms with Gasteiger partial charge >= 0.3 is 7.60 Å². The van der Waals surface area contributed by atoms with Crippen molar-refractivity contribution in [2.75, 3.05) is 32.8 Å². The summed E-state index contributed by atoms with van der Waals surface area (Å²) in [5.74, 6) is 0.267. The minimum Gasteiger partial charge on any atom is -0.497 e. The van der Waals surface area contributed by atoms with E-state index >= 15 is 0 Å². The van der Waals surface area contributed by atoms with Crippen molar-refractivity contribution in [2.45, 2.75) is 20.8 Å². The number of ether oxygens (including phenoxy) is 1. The molecular weight excluding hydrogens is 326 g/mol. The van der Waals surface area contributed by atoms with Crippen LogP contribution in [0.25, 0.3) is 0 Å². The normalized spacial score (nSPS) is 14.5. The minimum atomic E-state index is -3.49. The van der Waals surface area contributed by atoms with E-state index in [9.17, 15) is 9.13 Å². The molecule has 0 amide bonds. The van der Waals surface area contributed by atoms with Crippen molar-refractivity contribution in [1.29, 1.82) is 0 Å². The summed E-state index contributed by atoms with van der Waals surface area (Å²) >= 11 is 0. The molecule has 0 aromatic heterocycles. The molecule has 0 fully saturated rings. The second-order valence-corrected chi connectivity index (χ2v) is 9.37. The first-order valence-electron chi connectivity index (χ1n) is 7.19. The van der Waals surface area contributed by atoms with Crippen LogP contribution in [0.15, 0.2) is 24.3 Å². The van der Waals surface area contributed by atoms with Crippen LogP contribution in [-0.4, -0.2) is 32.8 Å². The molecule has 1 unspecified atom stereocenters. The standard InChI is InChI=1S/C14H24O6P2/c1-5-18-21(15,12-22(16,19-6-2)20-7-3)14-10-8-9-13(11-14)17-4/h8-11H,5-7,12H2,1-4H3. The van der Waals surface area contributed by atoms with Crippen LogP contribution in [0, 0.1) is 0 Å². The van der Waals surface area contributed by atoms with E-state index in [1.54, 1.807) is 45.0 Å². The molecule has 126 valence electrons. The average Bonchev–Trinajstić information content (AvgIpc) is 2.47. The molecule has 22 heavy (non-hydrogen) atoms. The predicted octanol–water partition coefficient (Wildman–Crippen LogP) is 3.86. The molecule has 0 aliphatic heterocycles. The van der Waals surface area contributed by atoms with Gasteiger partial charge in [-0.2, -0.15) is 0 Å². The van der Waals surface area contributed by atoms with Crippen molar-refractivity contribution < 1.29 is 27.4 Å². The summed E-state index contributed by atoms with van der Waals surface area (Å²) in [5.41, 5.74) is 0. The highest BCUT2D eigenvalue weighted by Gasteiger charge is 2.38. The van der Waals surface area contributed by atoms with E-state index in [1.807, 2.05) is 0 Å². The summed E-state index contributed by atoms with van der Waals surface area (Å²) in [7, 11) is -5.35. The Morgan fingerprint density at radius 1 is 0.955 bits per heavy atom. The molecule has 0 bridgehead atoms. The lowest BCUT2D eigenvalue weighted by Gasteiger charge is -2.23. The lowest BCUT2D eigenvalue weighted by atomic mass is 10.3. The molecule has 0 heterocycles. The summed E-state index contributed by atoms with van der Waals surface area (Å²) in [6.07, 6.45) is 0. The van der Waals surface area contributed by atoms with Crippen molar-refractivity contribution >= 4 is 20.3 Å². The highest BCUT2D eigenvalue weighted by Crippen LogP contribution is 2.62. The Labute approximate surface area is 132 Å². The van der Waals surface area contributed by atoms with Crippen LogP contribution in [0.3, 0.4) is 0 Å². The molecule has 0 spiro atoms. The van der Waals surface area contributed by atoms with Crippen molar-refractivity contribution in [2.24, 2.45) is 0 Å². The van der Waals surface area contributed by atoms with E-state index in [4.69, 9.17) is 18.3 Å². The summed E-state index contributed by atoms with van der Waals surface area (Å²) < 4.78 is 47.0. The molecule has 1 rings (SSSR count). The van der Waals surface area contributed by atoms with Gasteiger partial charge in [0.1, 0.15) is 11.7 Å². The maximum atomic E-state index is 13.2. The lowest BCUT2D eigenvalue weighted by molar-refractivity contribution is 0.222. The molecular formula is C14H24O6P2. The van der Waals surface area contributed by atoms with Gasteiger partial charge in [-0.3, -0.25) is 9.13 Å². The topological polar surface area (TPSA) is 71.1 Å². The van der Waals surface area contributed by atoms with Crippen LogP contribution in [0.5, 0.6) is 5.75 Å². The van der Waals surface area contributed by atoms with Crippen LogP contribution in [-0.2, 0) is 22.7 Å². The van der Waals surface area contributed by atoms with Gasteiger partial charge < -0.3 is 18.3 Å². The third kappa shape index (κ3) is 5.22. The van der Waals surface area contributed by atoms with Crippen molar-refractivity contribution in [3.8, 4) is 5.75 Å². The van der Waals surface area contributed by atoms with E-state index in [-0.39, 0.29) is 25.7 Å². The summed E-state index contributed by atoms with van der Waals surface area (Å²) in [6.45, 7) is 5.81. The predicted molar refractivity (Wildman–Crippen MR) is 87.6 cm³/mol. The van der Waals surface area contributed by atoms with Crippen molar-refractivity contribution in [3.63, 3.8) is 0 Å². The fraction of sp³-hybridized carbons (Fsp3) is 0.571. The van der Waals surface area contributed by atoms with Gasteiger partial charge in [-0.05, 0) is 39.0 Å². The second kappa shape index (κ2) is 8.85. The Balaban J connectivity index is 3.18. The van der Waals surface area contributed by atoms with Gasteiger partial charge in [-0.15, -0.1) is 0 Å². The molecule has 0 aliphatic rings. The lowest BCUT2D eigenvalue weighted by Crippen LogP contribution is -2.13. The third-order valence-corrected chi connectivity index (χ3v) is 8.71. The highest BCUT2D eigenvalue weighted by atomic mass is 31.2. The zero-order valence-electron chi connectivity index (χ0n) is 13.5. The fourth-order valence-electron chi connectivity index (χ4n) is 1.97. The first-order chi connectivity index (χ1) is 10.4. The SMILES string of the molecule is CCOP(=O)(CP(=O)(OCC)c1cccc(OC)c1)OCC. The van der Waals surface area contributed by atoms with Crippen LogP contribution in [0.4, 0.5) is 0 Å². The molecule has 8 heteroatoms. The summed E-state index contributed by atoms with van der Waals surface area (Å²) in [5, 5.41) is 0.438. The molecule has 0 saturated carbocycles. The molecule has 0 radical (unpaired) electrons. The molecule has 1 aromatic carbocycles. The number of benzene rings is 1. The zero-order chi connectivity index (χ0) is 16.6. The third-order valence-electron chi connectivity index (χ3n) is 2.80. The van der Waals surface area contributed by atoms with Gasteiger partial charge in [-0.25, -0.2) is 0 Å². The van der Waals surface area contributed by atoms with Crippen LogP contribution in [0.2, 0.25) is 0 Å². The quantitative estimate of drug-likeness (QED) is 0.597. The molecule has 6 nitrogen and oxygen atoms in total. The molecule has 1 atom stereocenters. The Morgan fingerprint density at radius 2 is 1.55 bits per heavy atom. The Bertz CT molecular complexity index is 550. The first-order valence-corrected chi connectivity index (χ1v) is 10.7. The molecule has 0 aliphatic carbocycles. The van der Waals surface area contributed by atoms with Crippen molar-refractivity contribution in [1.82, 2.24) is 0 Å². The minimum absolute atomic E-state index is 0.210. The average molecular weight is 350 g/mol. The van der Waals surface area contributed by atoms with Gasteiger partial charge in [0, 0.05) is 5.30 Å². The number of methoxy groups -OCH3 is 1. The van der Waals surface area contributed by atoms with Gasteiger partial charge in [0.15, 0.2) is 0 Å².